The molecule has 1 aromatic heterocycles. The molecule has 2 heterocycles. The van der Waals surface area contributed by atoms with Crippen LogP contribution >= 0.6 is 27.3 Å². The maximum atomic E-state index is 13.9. The molecule has 0 aliphatic carbocycles. The zero-order valence-corrected chi connectivity index (χ0v) is 24.7. The van der Waals surface area contributed by atoms with Gasteiger partial charge in [0.25, 0.3) is 5.56 Å². The average Bonchev–Trinajstić information content (AvgIpc) is 3.18. The molecule has 0 fully saturated rings. The largest absolute Gasteiger partial charge is 0.493 e. The second kappa shape index (κ2) is 12.0. The van der Waals surface area contributed by atoms with Crippen molar-refractivity contribution in [1.82, 2.24) is 4.57 Å². The van der Waals surface area contributed by atoms with Crippen molar-refractivity contribution in [3.05, 3.63) is 83.0 Å². The molecule has 1 unspecified atom stereocenters. The van der Waals surface area contributed by atoms with Gasteiger partial charge in [-0.1, -0.05) is 33.3 Å². The van der Waals surface area contributed by atoms with Crippen LogP contribution in [-0.4, -0.2) is 36.2 Å². The first-order valence-electron chi connectivity index (χ1n) is 12.1. The smallest absolute Gasteiger partial charge is 0.338 e. The number of hydrogen-bond donors (Lipinski definition) is 0. The summed E-state index contributed by atoms with van der Waals surface area (Å²) in [6.07, 6.45) is 1.61. The van der Waals surface area contributed by atoms with E-state index in [1.807, 2.05) is 0 Å². The van der Waals surface area contributed by atoms with E-state index < -0.39 is 29.5 Å². The van der Waals surface area contributed by atoms with Gasteiger partial charge in [-0.25, -0.2) is 9.79 Å². The first-order chi connectivity index (χ1) is 19.0. The van der Waals surface area contributed by atoms with Crippen LogP contribution in [0.15, 0.2) is 61.9 Å². The van der Waals surface area contributed by atoms with E-state index in [0.29, 0.717) is 26.2 Å². The molecule has 1 aliphatic heterocycles. The predicted octanol–water partition coefficient (Wildman–Crippen LogP) is 3.42. The Labute approximate surface area is 241 Å². The van der Waals surface area contributed by atoms with Crippen molar-refractivity contribution in [3.63, 3.8) is 0 Å². The van der Waals surface area contributed by atoms with E-state index in [9.17, 15) is 19.2 Å². The second-order valence-electron chi connectivity index (χ2n) is 8.58. The minimum Gasteiger partial charge on any atom is -0.493 e. The van der Waals surface area contributed by atoms with E-state index in [1.54, 1.807) is 50.3 Å². The van der Waals surface area contributed by atoms with Gasteiger partial charge in [0.05, 0.1) is 35.6 Å². The number of rotatable bonds is 7. The fourth-order valence-electron chi connectivity index (χ4n) is 4.22. The van der Waals surface area contributed by atoms with Crippen LogP contribution in [-0.2, 0) is 19.1 Å². The van der Waals surface area contributed by atoms with Crippen LogP contribution in [0.5, 0.6) is 17.2 Å². The summed E-state index contributed by atoms with van der Waals surface area (Å²) in [5, 5.41) is 0. The van der Waals surface area contributed by atoms with Crippen molar-refractivity contribution in [2.24, 2.45) is 4.99 Å². The summed E-state index contributed by atoms with van der Waals surface area (Å²) in [5.41, 5.74) is 1.18. The van der Waals surface area contributed by atoms with Crippen LogP contribution in [0.3, 0.4) is 0 Å². The molecule has 0 bridgehead atoms. The van der Waals surface area contributed by atoms with E-state index >= 15 is 0 Å². The van der Waals surface area contributed by atoms with Crippen molar-refractivity contribution in [2.45, 2.75) is 33.7 Å². The molecule has 0 amide bonds. The van der Waals surface area contributed by atoms with Gasteiger partial charge in [0.1, 0.15) is 5.75 Å². The van der Waals surface area contributed by atoms with Crippen molar-refractivity contribution in [3.8, 4) is 17.2 Å². The van der Waals surface area contributed by atoms with Crippen LogP contribution < -0.4 is 29.1 Å². The van der Waals surface area contributed by atoms with Gasteiger partial charge in [-0.2, -0.15) is 0 Å². The zero-order chi connectivity index (χ0) is 29.1. The van der Waals surface area contributed by atoms with Gasteiger partial charge < -0.3 is 18.9 Å². The number of methoxy groups -OCH3 is 1. The van der Waals surface area contributed by atoms with E-state index in [4.69, 9.17) is 18.9 Å². The number of ether oxygens (including phenoxy) is 4. The molecular weight excluding hydrogens is 604 g/mol. The molecule has 1 atom stereocenters. The number of hydrogen-bond acceptors (Lipinski definition) is 10. The third-order valence-electron chi connectivity index (χ3n) is 5.79. The number of thiazole rings is 1. The first-order valence-corrected chi connectivity index (χ1v) is 13.7. The van der Waals surface area contributed by atoms with Gasteiger partial charge in [0, 0.05) is 23.9 Å². The lowest BCUT2D eigenvalue weighted by molar-refractivity contribution is -0.139. The Bertz CT molecular complexity index is 1740. The summed E-state index contributed by atoms with van der Waals surface area (Å²) < 4.78 is 23.8. The van der Waals surface area contributed by atoms with E-state index in [2.05, 4.69) is 20.9 Å². The highest BCUT2D eigenvalue weighted by Crippen LogP contribution is 2.36. The minimum absolute atomic E-state index is 0.128. The number of benzene rings is 2. The molecule has 0 saturated heterocycles. The summed E-state index contributed by atoms with van der Waals surface area (Å²) in [5.74, 6) is -0.922. The Balaban J connectivity index is 1.97. The Kier molecular flexibility index (Phi) is 8.70. The standard InChI is InChI=1S/C28H25BrN2O8S/c1-6-37-27(35)24-14(2)30-28-31(25(24)17-7-9-21(39-16(4)33)22(12-17)36-5)26(34)23(40-28)13-18-11-19(29)8-10-20(18)38-15(3)32/h7-13,25H,6H2,1-5H3. The molecule has 1 aliphatic rings. The third kappa shape index (κ3) is 5.92. The fraction of sp³-hybridized carbons (Fsp3) is 0.250. The van der Waals surface area contributed by atoms with Gasteiger partial charge in [0.2, 0.25) is 0 Å². The summed E-state index contributed by atoms with van der Waals surface area (Å²) >= 11 is 4.54. The molecule has 40 heavy (non-hydrogen) atoms. The SMILES string of the molecule is CCOC(=O)C1=C(C)N=c2sc(=Cc3cc(Br)ccc3OC(C)=O)c(=O)n2C1c1ccc(OC(C)=O)c(OC)c1. The van der Waals surface area contributed by atoms with E-state index in [-0.39, 0.29) is 29.4 Å². The summed E-state index contributed by atoms with van der Waals surface area (Å²) in [6.45, 7) is 6.06. The van der Waals surface area contributed by atoms with Crippen LogP contribution in [0.25, 0.3) is 6.08 Å². The second-order valence-corrected chi connectivity index (χ2v) is 10.5. The molecule has 3 aromatic rings. The normalized spacial score (nSPS) is 14.8. The molecule has 0 N–H and O–H groups in total. The highest BCUT2D eigenvalue weighted by Gasteiger charge is 2.34. The van der Waals surface area contributed by atoms with Crippen LogP contribution in [0.1, 0.15) is 44.9 Å². The number of aromatic nitrogens is 1. The molecule has 10 nitrogen and oxygen atoms in total. The van der Waals surface area contributed by atoms with Gasteiger partial charge in [-0.05, 0) is 55.8 Å². The predicted molar refractivity (Wildman–Crippen MR) is 150 cm³/mol. The number of halogens is 1. The van der Waals surface area contributed by atoms with Crippen molar-refractivity contribution in [1.29, 1.82) is 0 Å². The molecule has 208 valence electrons. The van der Waals surface area contributed by atoms with Crippen molar-refractivity contribution >= 4 is 51.3 Å². The molecule has 4 rings (SSSR count). The van der Waals surface area contributed by atoms with Crippen LogP contribution in [0.2, 0.25) is 0 Å². The first kappa shape index (κ1) is 29.0. The van der Waals surface area contributed by atoms with E-state index in [0.717, 1.165) is 15.8 Å². The topological polar surface area (TPSA) is 122 Å². The van der Waals surface area contributed by atoms with Crippen molar-refractivity contribution < 1.29 is 33.3 Å². The lowest BCUT2D eigenvalue weighted by Gasteiger charge is -2.25. The average molecular weight is 629 g/mol. The highest BCUT2D eigenvalue weighted by atomic mass is 79.9. The zero-order valence-electron chi connectivity index (χ0n) is 22.3. The highest BCUT2D eigenvalue weighted by molar-refractivity contribution is 9.10. The molecule has 2 aromatic carbocycles. The Morgan fingerprint density at radius 1 is 1.05 bits per heavy atom. The van der Waals surface area contributed by atoms with Gasteiger partial charge in [-0.15, -0.1) is 0 Å². The number of fused-ring (bicyclic) bond motifs is 1. The maximum absolute atomic E-state index is 13.9. The summed E-state index contributed by atoms with van der Waals surface area (Å²) in [4.78, 5) is 55.2. The number of esters is 3. The monoisotopic (exact) mass is 628 g/mol. The molecule has 12 heteroatoms. The Morgan fingerprint density at radius 3 is 2.38 bits per heavy atom. The molecular formula is C28H25BrN2O8S. The van der Waals surface area contributed by atoms with E-state index in [1.165, 1.54) is 31.6 Å². The lowest BCUT2D eigenvalue weighted by Crippen LogP contribution is -2.40. The number of carbonyl (C=O) groups excluding carboxylic acids is 3. The third-order valence-corrected chi connectivity index (χ3v) is 7.26. The minimum atomic E-state index is -0.909. The number of carbonyl (C=O) groups is 3. The van der Waals surface area contributed by atoms with Crippen LogP contribution in [0, 0.1) is 0 Å². The molecule has 0 radical (unpaired) electrons. The fourth-order valence-corrected chi connectivity index (χ4v) is 5.64. The molecule has 0 spiro atoms. The van der Waals surface area contributed by atoms with Crippen molar-refractivity contribution in [2.75, 3.05) is 13.7 Å². The van der Waals surface area contributed by atoms with Gasteiger partial charge >= 0.3 is 17.9 Å². The van der Waals surface area contributed by atoms with Gasteiger partial charge in [0.15, 0.2) is 16.3 Å². The summed E-state index contributed by atoms with van der Waals surface area (Å²) in [6, 6.07) is 8.95. The Morgan fingerprint density at radius 2 is 1.73 bits per heavy atom. The quantitative estimate of drug-likeness (QED) is 0.288. The lowest BCUT2D eigenvalue weighted by atomic mass is 9.95. The van der Waals surface area contributed by atoms with Gasteiger partial charge in [-0.3, -0.25) is 19.0 Å². The number of allylic oxidation sites excluding steroid dienone is 1. The van der Waals surface area contributed by atoms with Crippen LogP contribution in [0.4, 0.5) is 0 Å². The maximum Gasteiger partial charge on any atom is 0.338 e. The molecule has 0 saturated carbocycles. The number of nitrogens with zero attached hydrogens (tertiary/aromatic N) is 2. The summed E-state index contributed by atoms with van der Waals surface area (Å²) in [7, 11) is 1.42. The Hall–Kier alpha value is -4.03.